The predicted molar refractivity (Wildman–Crippen MR) is 81.9 cm³/mol. The molecule has 0 aliphatic heterocycles. The summed E-state index contributed by atoms with van der Waals surface area (Å²) < 4.78 is 0. The monoisotopic (exact) mass is 406 g/mol. The predicted octanol–water partition coefficient (Wildman–Crippen LogP) is 3.48. The van der Waals surface area contributed by atoms with Gasteiger partial charge in [0.1, 0.15) is 0 Å². The van der Waals surface area contributed by atoms with Gasteiger partial charge in [-0.25, -0.2) is 19.6 Å². The molecular weight excluding hydrogens is 396 g/mol. The minimum atomic E-state index is -1.10. The van der Waals surface area contributed by atoms with Crippen LogP contribution >= 0.6 is 23.2 Å². The van der Waals surface area contributed by atoms with Crippen LogP contribution in [0.1, 0.15) is 32.1 Å². The van der Waals surface area contributed by atoms with Gasteiger partial charge in [0.05, 0.1) is 10.0 Å². The van der Waals surface area contributed by atoms with Crippen LogP contribution in [0.5, 0.6) is 0 Å². The molecule has 0 aromatic carbocycles. The standard InChI is InChI=1S/2C7H6ClNO2.Zn/c2*1-4-2-3-9-6(5(4)8)7(10)11;/h2*2-3H,1H3,(H,10,11);. The van der Waals surface area contributed by atoms with E-state index in [4.69, 9.17) is 33.4 Å². The third kappa shape index (κ3) is 5.86. The number of carboxylic acid groups (broad SMARTS) is 2. The molecule has 0 spiro atoms. The third-order valence-electron chi connectivity index (χ3n) is 2.57. The second-order valence-electron chi connectivity index (χ2n) is 4.19. The van der Waals surface area contributed by atoms with Crippen LogP contribution in [0, 0.1) is 13.8 Å². The number of aryl methyl sites for hydroxylation is 2. The SMILES string of the molecule is Cc1ccnc(C(=O)O)c1Cl.Cc1ccnc(C(=O)O)c1Cl.[Zn]. The number of carbonyl (C=O) groups is 2. The quantitative estimate of drug-likeness (QED) is 0.738. The summed E-state index contributed by atoms with van der Waals surface area (Å²) in [5.41, 5.74) is 1.26. The average molecular weight is 409 g/mol. The maximum Gasteiger partial charge on any atom is 0.356 e. The summed E-state index contributed by atoms with van der Waals surface area (Å²) in [7, 11) is 0. The van der Waals surface area contributed by atoms with Gasteiger partial charge in [-0.15, -0.1) is 0 Å². The molecule has 23 heavy (non-hydrogen) atoms. The van der Waals surface area contributed by atoms with Gasteiger partial charge in [-0.1, -0.05) is 23.2 Å². The van der Waals surface area contributed by atoms with Gasteiger partial charge in [0.15, 0.2) is 11.4 Å². The molecule has 2 aromatic rings. The Kier molecular flexibility index (Phi) is 8.91. The molecule has 6 nitrogen and oxygen atoms in total. The number of aromatic carboxylic acids is 2. The Morgan fingerprint density at radius 1 is 0.870 bits per heavy atom. The van der Waals surface area contributed by atoms with Crippen molar-refractivity contribution in [2.75, 3.05) is 0 Å². The Hall–Kier alpha value is -1.56. The smallest absolute Gasteiger partial charge is 0.356 e. The van der Waals surface area contributed by atoms with E-state index in [1.54, 1.807) is 26.0 Å². The van der Waals surface area contributed by atoms with Crippen molar-refractivity contribution in [1.29, 1.82) is 0 Å². The van der Waals surface area contributed by atoms with E-state index in [9.17, 15) is 9.59 Å². The molecule has 0 saturated carbocycles. The van der Waals surface area contributed by atoms with E-state index in [0.717, 1.165) is 11.1 Å². The molecule has 2 aromatic heterocycles. The fourth-order valence-electron chi connectivity index (χ4n) is 1.38. The molecule has 0 fully saturated rings. The van der Waals surface area contributed by atoms with Gasteiger partial charge in [0.25, 0.3) is 0 Å². The topological polar surface area (TPSA) is 100 Å². The van der Waals surface area contributed by atoms with Gasteiger partial charge in [-0.05, 0) is 37.1 Å². The Labute approximate surface area is 155 Å². The van der Waals surface area contributed by atoms with E-state index in [0.29, 0.717) is 0 Å². The molecule has 2 rings (SSSR count). The molecule has 0 atom stereocenters. The summed E-state index contributed by atoms with van der Waals surface area (Å²) in [6, 6.07) is 3.32. The fourth-order valence-corrected chi connectivity index (χ4v) is 1.76. The van der Waals surface area contributed by atoms with Gasteiger partial charge < -0.3 is 10.2 Å². The van der Waals surface area contributed by atoms with Crippen LogP contribution in [-0.2, 0) is 19.5 Å². The molecule has 2 heterocycles. The first-order valence-electron chi connectivity index (χ1n) is 5.94. The Balaban J connectivity index is 0.000000403. The zero-order valence-corrected chi connectivity index (χ0v) is 16.9. The van der Waals surface area contributed by atoms with Crippen molar-refractivity contribution in [3.8, 4) is 0 Å². The van der Waals surface area contributed by atoms with Crippen LogP contribution in [0.4, 0.5) is 0 Å². The molecule has 0 aliphatic rings. The second kappa shape index (κ2) is 9.55. The molecule has 0 bridgehead atoms. The zero-order valence-electron chi connectivity index (χ0n) is 12.4. The van der Waals surface area contributed by atoms with E-state index in [1.165, 1.54) is 12.4 Å². The number of halogens is 2. The molecule has 118 valence electrons. The van der Waals surface area contributed by atoms with Gasteiger partial charge in [-0.3, -0.25) is 0 Å². The second-order valence-corrected chi connectivity index (χ2v) is 4.95. The van der Waals surface area contributed by atoms with E-state index in [-0.39, 0.29) is 40.9 Å². The van der Waals surface area contributed by atoms with Gasteiger partial charge >= 0.3 is 11.9 Å². The van der Waals surface area contributed by atoms with Crippen molar-refractivity contribution in [1.82, 2.24) is 9.97 Å². The van der Waals surface area contributed by atoms with Crippen molar-refractivity contribution >= 4 is 35.1 Å². The Morgan fingerprint density at radius 2 is 1.17 bits per heavy atom. The number of carboxylic acids is 2. The molecule has 0 amide bonds. The minimum absolute atomic E-state index is 0. The van der Waals surface area contributed by atoms with Crippen molar-refractivity contribution in [3.63, 3.8) is 0 Å². The minimum Gasteiger partial charge on any atom is -0.476 e. The van der Waals surface area contributed by atoms with Crippen molar-refractivity contribution in [3.05, 3.63) is 57.1 Å². The number of rotatable bonds is 2. The first kappa shape index (κ1) is 21.4. The van der Waals surface area contributed by atoms with Crippen molar-refractivity contribution in [2.45, 2.75) is 13.8 Å². The van der Waals surface area contributed by atoms with Crippen LogP contribution in [0.25, 0.3) is 0 Å². The first-order valence-corrected chi connectivity index (χ1v) is 6.70. The summed E-state index contributed by atoms with van der Waals surface area (Å²) in [6.07, 6.45) is 2.84. The number of nitrogens with zero attached hydrogens (tertiary/aromatic N) is 2. The van der Waals surface area contributed by atoms with Crippen molar-refractivity contribution in [2.24, 2.45) is 0 Å². The summed E-state index contributed by atoms with van der Waals surface area (Å²) in [4.78, 5) is 28.1. The maximum absolute atomic E-state index is 10.4. The molecule has 9 heteroatoms. The molecule has 0 unspecified atom stereocenters. The molecular formula is C14H12Cl2N2O4Zn. The average Bonchev–Trinajstić information content (AvgIpc) is 2.45. The van der Waals surface area contributed by atoms with Gasteiger partial charge in [-0.2, -0.15) is 0 Å². The Bertz CT molecular complexity index is 664. The third-order valence-corrected chi connectivity index (χ3v) is 3.52. The number of hydrogen-bond donors (Lipinski definition) is 2. The normalized spacial score (nSPS) is 9.22. The van der Waals surface area contributed by atoms with Crippen LogP contribution in [-0.4, -0.2) is 32.1 Å². The van der Waals surface area contributed by atoms with E-state index in [1.807, 2.05) is 0 Å². The van der Waals surface area contributed by atoms with Crippen LogP contribution in [0.15, 0.2) is 24.5 Å². The number of pyridine rings is 2. The van der Waals surface area contributed by atoms with Crippen molar-refractivity contribution < 1.29 is 39.3 Å². The zero-order chi connectivity index (χ0) is 16.9. The van der Waals surface area contributed by atoms with E-state index >= 15 is 0 Å². The van der Waals surface area contributed by atoms with E-state index in [2.05, 4.69) is 9.97 Å². The molecule has 2 N–H and O–H groups in total. The first-order chi connectivity index (χ1) is 10.3. The summed E-state index contributed by atoms with van der Waals surface area (Å²) in [6.45, 7) is 3.47. The van der Waals surface area contributed by atoms with Crippen LogP contribution < -0.4 is 0 Å². The summed E-state index contributed by atoms with van der Waals surface area (Å²) in [5.74, 6) is -2.20. The number of aromatic nitrogens is 2. The fraction of sp³-hybridized carbons (Fsp3) is 0.143. The number of hydrogen-bond acceptors (Lipinski definition) is 4. The van der Waals surface area contributed by atoms with Gasteiger partial charge in [0, 0.05) is 31.9 Å². The molecule has 0 aliphatic carbocycles. The summed E-state index contributed by atoms with van der Waals surface area (Å²) >= 11 is 11.3. The largest absolute Gasteiger partial charge is 0.476 e. The summed E-state index contributed by atoms with van der Waals surface area (Å²) in [5, 5.41) is 17.5. The van der Waals surface area contributed by atoms with E-state index < -0.39 is 11.9 Å². The van der Waals surface area contributed by atoms with Gasteiger partial charge in [0.2, 0.25) is 0 Å². The van der Waals surface area contributed by atoms with Crippen LogP contribution in [0.3, 0.4) is 0 Å². The molecule has 0 radical (unpaired) electrons. The molecule has 0 saturated heterocycles. The Morgan fingerprint density at radius 3 is 1.39 bits per heavy atom. The maximum atomic E-state index is 10.4. The van der Waals surface area contributed by atoms with Crippen LogP contribution in [0.2, 0.25) is 10.0 Å².